The van der Waals surface area contributed by atoms with Crippen molar-refractivity contribution in [3.63, 3.8) is 0 Å². The monoisotopic (exact) mass is 262 g/mol. The number of amides is 1. The van der Waals surface area contributed by atoms with E-state index in [2.05, 4.69) is 10.4 Å². The van der Waals surface area contributed by atoms with Gasteiger partial charge in [0.25, 0.3) is 12.3 Å². The molecule has 0 saturated carbocycles. The lowest BCUT2D eigenvalue weighted by Crippen LogP contribution is -2.29. The molecule has 0 aliphatic rings. The zero-order chi connectivity index (χ0) is 13.5. The number of nitrogens with one attached hydrogen (secondary N) is 1. The van der Waals surface area contributed by atoms with Gasteiger partial charge in [0.2, 0.25) is 0 Å². The Kier molecular flexibility index (Phi) is 5.50. The van der Waals surface area contributed by atoms with Crippen LogP contribution in [0.2, 0.25) is 0 Å². The summed E-state index contributed by atoms with van der Waals surface area (Å²) < 4.78 is 30.3. The van der Waals surface area contributed by atoms with E-state index in [0.29, 0.717) is 19.6 Å². The van der Waals surface area contributed by atoms with Crippen molar-refractivity contribution in [1.82, 2.24) is 15.1 Å². The van der Waals surface area contributed by atoms with Gasteiger partial charge >= 0.3 is 0 Å². The SMILES string of the molecule is COCCCNC(=O)c1c(N)cnn1CC(F)F. The number of aromatic nitrogens is 2. The van der Waals surface area contributed by atoms with Crippen molar-refractivity contribution < 1.29 is 18.3 Å². The summed E-state index contributed by atoms with van der Waals surface area (Å²) in [5.41, 5.74) is 5.58. The second-order valence-electron chi connectivity index (χ2n) is 3.62. The molecule has 1 amide bonds. The summed E-state index contributed by atoms with van der Waals surface area (Å²) in [6.07, 6.45) is -0.776. The van der Waals surface area contributed by atoms with Crippen molar-refractivity contribution in [2.24, 2.45) is 0 Å². The van der Waals surface area contributed by atoms with Gasteiger partial charge in [-0.2, -0.15) is 5.10 Å². The van der Waals surface area contributed by atoms with Gasteiger partial charge in [-0.3, -0.25) is 9.48 Å². The molecule has 1 aromatic heterocycles. The summed E-state index contributed by atoms with van der Waals surface area (Å²) in [6, 6.07) is 0. The largest absolute Gasteiger partial charge is 0.396 e. The molecule has 0 atom stereocenters. The molecule has 0 aliphatic heterocycles. The third kappa shape index (κ3) is 3.95. The van der Waals surface area contributed by atoms with Gasteiger partial charge in [-0.25, -0.2) is 8.78 Å². The predicted molar refractivity (Wildman–Crippen MR) is 61.5 cm³/mol. The van der Waals surface area contributed by atoms with Gasteiger partial charge in [0.1, 0.15) is 12.2 Å². The van der Waals surface area contributed by atoms with Crippen molar-refractivity contribution >= 4 is 11.6 Å². The highest BCUT2D eigenvalue weighted by Crippen LogP contribution is 2.12. The maximum atomic E-state index is 12.3. The first-order valence-corrected chi connectivity index (χ1v) is 5.42. The highest BCUT2D eigenvalue weighted by molar-refractivity contribution is 5.97. The van der Waals surface area contributed by atoms with Gasteiger partial charge < -0.3 is 15.8 Å². The van der Waals surface area contributed by atoms with Crippen LogP contribution in [0.5, 0.6) is 0 Å². The van der Waals surface area contributed by atoms with E-state index in [4.69, 9.17) is 10.5 Å². The summed E-state index contributed by atoms with van der Waals surface area (Å²) in [5, 5.41) is 6.22. The predicted octanol–water partition coefficient (Wildman–Crippen LogP) is 0.497. The van der Waals surface area contributed by atoms with Crippen LogP contribution >= 0.6 is 0 Å². The maximum Gasteiger partial charge on any atom is 0.271 e. The van der Waals surface area contributed by atoms with Crippen LogP contribution < -0.4 is 11.1 Å². The molecule has 0 bridgehead atoms. The van der Waals surface area contributed by atoms with Crippen molar-refractivity contribution in [2.75, 3.05) is 26.0 Å². The van der Waals surface area contributed by atoms with E-state index < -0.39 is 18.9 Å². The first-order chi connectivity index (χ1) is 8.56. The van der Waals surface area contributed by atoms with Gasteiger partial charge in [0.15, 0.2) is 0 Å². The number of halogens is 2. The molecule has 8 heteroatoms. The fourth-order valence-corrected chi connectivity index (χ4v) is 1.42. The van der Waals surface area contributed by atoms with Crippen molar-refractivity contribution in [3.05, 3.63) is 11.9 Å². The Morgan fingerprint density at radius 2 is 2.39 bits per heavy atom. The third-order valence-corrected chi connectivity index (χ3v) is 2.20. The Morgan fingerprint density at radius 1 is 1.67 bits per heavy atom. The number of methoxy groups -OCH3 is 1. The average molecular weight is 262 g/mol. The lowest BCUT2D eigenvalue weighted by atomic mass is 10.3. The van der Waals surface area contributed by atoms with Gasteiger partial charge in [-0.1, -0.05) is 0 Å². The molecule has 6 nitrogen and oxygen atoms in total. The number of nitrogen functional groups attached to an aromatic ring is 1. The van der Waals surface area contributed by atoms with Crippen molar-refractivity contribution in [2.45, 2.75) is 19.4 Å². The lowest BCUT2D eigenvalue weighted by Gasteiger charge is -2.08. The Hall–Kier alpha value is -1.70. The van der Waals surface area contributed by atoms with Gasteiger partial charge in [-0.15, -0.1) is 0 Å². The van der Waals surface area contributed by atoms with Crippen LogP contribution in [0.25, 0.3) is 0 Å². The van der Waals surface area contributed by atoms with Crippen LogP contribution in [0.1, 0.15) is 16.9 Å². The van der Waals surface area contributed by atoms with E-state index in [0.717, 1.165) is 4.68 Å². The Bertz CT molecular complexity index is 395. The highest BCUT2D eigenvalue weighted by Gasteiger charge is 2.18. The van der Waals surface area contributed by atoms with Gasteiger partial charge in [0.05, 0.1) is 11.9 Å². The standard InChI is InChI=1S/C10H16F2N4O2/c1-18-4-2-3-14-10(17)9-7(13)5-15-16(9)6-8(11)12/h5,8H,2-4,6,13H2,1H3,(H,14,17). The molecule has 0 aliphatic carbocycles. The number of carbonyl (C=O) groups is 1. The number of anilines is 1. The molecule has 0 fully saturated rings. The molecule has 0 radical (unpaired) electrons. The van der Waals surface area contributed by atoms with E-state index in [1.165, 1.54) is 6.20 Å². The minimum absolute atomic E-state index is 0.0345. The maximum absolute atomic E-state index is 12.3. The molecule has 0 unspecified atom stereocenters. The van der Waals surface area contributed by atoms with E-state index >= 15 is 0 Å². The number of hydrogen-bond acceptors (Lipinski definition) is 4. The fourth-order valence-electron chi connectivity index (χ4n) is 1.42. The number of ether oxygens (including phenoxy) is 1. The average Bonchev–Trinajstić information content (AvgIpc) is 2.65. The summed E-state index contributed by atoms with van der Waals surface area (Å²) in [7, 11) is 1.55. The molecule has 3 N–H and O–H groups in total. The van der Waals surface area contributed by atoms with E-state index in [1.807, 2.05) is 0 Å². The molecule has 1 aromatic rings. The first kappa shape index (κ1) is 14.4. The molecule has 1 heterocycles. The first-order valence-electron chi connectivity index (χ1n) is 5.42. The molecular formula is C10H16F2N4O2. The second-order valence-corrected chi connectivity index (χ2v) is 3.62. The second kappa shape index (κ2) is 6.90. The molecule has 0 spiro atoms. The summed E-state index contributed by atoms with van der Waals surface area (Å²) in [6.45, 7) is 0.232. The zero-order valence-corrected chi connectivity index (χ0v) is 10.0. The third-order valence-electron chi connectivity index (χ3n) is 2.20. The summed E-state index contributed by atoms with van der Waals surface area (Å²) in [4.78, 5) is 11.8. The Balaban J connectivity index is 2.63. The molecule has 1 rings (SSSR count). The van der Waals surface area contributed by atoms with E-state index in [9.17, 15) is 13.6 Å². The van der Waals surface area contributed by atoms with Crippen LogP contribution in [0.15, 0.2) is 6.20 Å². The molecular weight excluding hydrogens is 246 g/mol. The Labute approximate surface area is 103 Å². The van der Waals surface area contributed by atoms with Crippen LogP contribution in [0.3, 0.4) is 0 Å². The smallest absolute Gasteiger partial charge is 0.271 e. The normalized spacial score (nSPS) is 10.9. The molecule has 18 heavy (non-hydrogen) atoms. The molecule has 0 saturated heterocycles. The highest BCUT2D eigenvalue weighted by atomic mass is 19.3. The number of hydrogen-bond donors (Lipinski definition) is 2. The van der Waals surface area contributed by atoms with Gasteiger partial charge in [-0.05, 0) is 6.42 Å². The van der Waals surface area contributed by atoms with Crippen LogP contribution in [0, 0.1) is 0 Å². The van der Waals surface area contributed by atoms with E-state index in [-0.39, 0.29) is 11.4 Å². The summed E-state index contributed by atoms with van der Waals surface area (Å²) in [5.74, 6) is -0.512. The minimum atomic E-state index is -2.59. The van der Waals surface area contributed by atoms with Crippen LogP contribution in [-0.2, 0) is 11.3 Å². The number of nitrogens with two attached hydrogens (primary N) is 1. The van der Waals surface area contributed by atoms with Gasteiger partial charge in [0, 0.05) is 20.3 Å². The summed E-state index contributed by atoms with van der Waals surface area (Å²) >= 11 is 0. The number of nitrogens with zero attached hydrogens (tertiary/aromatic N) is 2. The minimum Gasteiger partial charge on any atom is -0.396 e. The van der Waals surface area contributed by atoms with Crippen LogP contribution in [-0.4, -0.2) is 42.4 Å². The van der Waals surface area contributed by atoms with E-state index in [1.54, 1.807) is 7.11 Å². The fraction of sp³-hybridized carbons (Fsp3) is 0.600. The number of alkyl halides is 2. The molecule has 102 valence electrons. The lowest BCUT2D eigenvalue weighted by molar-refractivity contribution is 0.0920. The van der Waals surface area contributed by atoms with Crippen molar-refractivity contribution in [3.8, 4) is 0 Å². The van der Waals surface area contributed by atoms with Crippen molar-refractivity contribution in [1.29, 1.82) is 0 Å². The van der Waals surface area contributed by atoms with Crippen LogP contribution in [0.4, 0.5) is 14.5 Å². The Morgan fingerprint density at radius 3 is 3.00 bits per heavy atom. The molecule has 0 aromatic carbocycles. The number of carbonyl (C=O) groups excluding carboxylic acids is 1. The quantitative estimate of drug-likeness (QED) is 0.701. The zero-order valence-electron chi connectivity index (χ0n) is 10.0. The number of rotatable bonds is 7. The topological polar surface area (TPSA) is 82.2 Å².